The van der Waals surface area contributed by atoms with Gasteiger partial charge in [-0.2, -0.15) is 0 Å². The number of likely N-dealkylation sites (tertiary alicyclic amines) is 1. The Morgan fingerprint density at radius 3 is 2.58 bits per heavy atom. The van der Waals surface area contributed by atoms with E-state index in [4.69, 9.17) is 0 Å². The number of nitrogens with zero attached hydrogens (tertiary/aromatic N) is 1. The van der Waals surface area contributed by atoms with Crippen LogP contribution in [-0.2, 0) is 13.1 Å². The van der Waals surface area contributed by atoms with Crippen LogP contribution in [-0.4, -0.2) is 35.1 Å². The molecule has 126 valence electrons. The van der Waals surface area contributed by atoms with Crippen LogP contribution in [0.25, 0.3) is 0 Å². The third-order valence-corrected chi connectivity index (χ3v) is 4.59. The van der Waals surface area contributed by atoms with E-state index < -0.39 is 0 Å². The molecule has 4 nitrogen and oxygen atoms in total. The van der Waals surface area contributed by atoms with Crippen molar-refractivity contribution in [3.63, 3.8) is 0 Å². The largest absolute Gasteiger partial charge is 0.392 e. The molecule has 0 spiro atoms. The minimum atomic E-state index is -0.210. The fraction of sp³-hybridized carbons (Fsp3) is 0.350. The summed E-state index contributed by atoms with van der Waals surface area (Å²) in [6.45, 7) is 4.92. The second kappa shape index (κ2) is 7.60. The second-order valence-electron chi connectivity index (χ2n) is 6.44. The average Bonchev–Trinajstić information content (AvgIpc) is 2.99. The van der Waals surface area contributed by atoms with Crippen LogP contribution in [0, 0.1) is 6.92 Å². The van der Waals surface area contributed by atoms with Crippen molar-refractivity contribution >= 4 is 5.91 Å². The second-order valence-corrected chi connectivity index (χ2v) is 6.44. The smallest absolute Gasteiger partial charge is 0.251 e. The summed E-state index contributed by atoms with van der Waals surface area (Å²) < 4.78 is 0. The molecule has 1 atom stereocenters. The van der Waals surface area contributed by atoms with Crippen LogP contribution in [0.5, 0.6) is 0 Å². The maximum absolute atomic E-state index is 12.4. The quantitative estimate of drug-likeness (QED) is 0.888. The Kier molecular flexibility index (Phi) is 5.28. The monoisotopic (exact) mass is 324 g/mol. The summed E-state index contributed by atoms with van der Waals surface area (Å²) >= 11 is 0. The van der Waals surface area contributed by atoms with Crippen molar-refractivity contribution in [3.05, 3.63) is 70.8 Å². The Hall–Kier alpha value is -2.17. The van der Waals surface area contributed by atoms with Crippen LogP contribution < -0.4 is 5.32 Å². The van der Waals surface area contributed by atoms with Crippen molar-refractivity contribution in [2.24, 2.45) is 0 Å². The topological polar surface area (TPSA) is 52.6 Å². The number of carbonyl (C=O) groups excluding carboxylic acids is 1. The number of carbonyl (C=O) groups is 1. The van der Waals surface area contributed by atoms with Crippen molar-refractivity contribution < 1.29 is 9.90 Å². The zero-order chi connectivity index (χ0) is 16.9. The molecule has 2 aromatic rings. The molecule has 0 unspecified atom stereocenters. The van der Waals surface area contributed by atoms with E-state index in [0.29, 0.717) is 6.54 Å². The predicted molar refractivity (Wildman–Crippen MR) is 94.7 cm³/mol. The molecule has 1 aliphatic heterocycles. The molecule has 1 heterocycles. The molecular formula is C20H24N2O2. The summed E-state index contributed by atoms with van der Waals surface area (Å²) in [5.74, 6) is -0.0421. The van der Waals surface area contributed by atoms with Crippen LogP contribution in [0.15, 0.2) is 48.5 Å². The first-order chi connectivity index (χ1) is 11.6. The number of benzene rings is 2. The fourth-order valence-corrected chi connectivity index (χ4v) is 3.18. The zero-order valence-corrected chi connectivity index (χ0v) is 14.0. The number of nitrogens with one attached hydrogen (secondary N) is 1. The zero-order valence-electron chi connectivity index (χ0n) is 14.0. The van der Waals surface area contributed by atoms with Crippen molar-refractivity contribution in [2.75, 3.05) is 13.1 Å². The van der Waals surface area contributed by atoms with Gasteiger partial charge in [-0.1, -0.05) is 42.5 Å². The molecular weight excluding hydrogens is 300 g/mol. The van der Waals surface area contributed by atoms with Crippen LogP contribution in [0.2, 0.25) is 0 Å². The standard InChI is InChI=1S/C20H24N2O2/c1-15-6-2-5-9-19(15)20(24)21-12-16-7-3-4-8-17(16)13-22-11-10-18(23)14-22/h2-9,18,23H,10-14H2,1H3,(H,21,24)/t18-/m1/s1. The van der Waals surface area contributed by atoms with Gasteiger partial charge in [-0.05, 0) is 36.1 Å². The van der Waals surface area contributed by atoms with E-state index in [0.717, 1.165) is 42.7 Å². The predicted octanol–water partition coefficient (Wildman–Crippen LogP) is 2.49. The summed E-state index contributed by atoms with van der Waals surface area (Å²) in [5, 5.41) is 12.7. The molecule has 0 saturated carbocycles. The minimum Gasteiger partial charge on any atom is -0.392 e. The number of rotatable bonds is 5. The molecule has 1 aliphatic rings. The van der Waals surface area contributed by atoms with E-state index in [2.05, 4.69) is 22.3 Å². The highest BCUT2D eigenvalue weighted by Gasteiger charge is 2.20. The lowest BCUT2D eigenvalue weighted by molar-refractivity contribution is 0.0950. The third kappa shape index (κ3) is 4.02. The number of amides is 1. The van der Waals surface area contributed by atoms with Gasteiger partial charge in [-0.25, -0.2) is 0 Å². The first kappa shape index (κ1) is 16.7. The number of hydrogen-bond donors (Lipinski definition) is 2. The van der Waals surface area contributed by atoms with E-state index in [9.17, 15) is 9.90 Å². The summed E-state index contributed by atoms with van der Waals surface area (Å²) in [7, 11) is 0. The maximum atomic E-state index is 12.4. The van der Waals surface area contributed by atoms with Crippen LogP contribution in [0.3, 0.4) is 0 Å². The third-order valence-electron chi connectivity index (χ3n) is 4.59. The lowest BCUT2D eigenvalue weighted by atomic mass is 10.1. The van der Waals surface area contributed by atoms with Gasteiger partial charge in [-0.3, -0.25) is 9.69 Å². The molecule has 0 aromatic heterocycles. The van der Waals surface area contributed by atoms with Gasteiger partial charge < -0.3 is 10.4 Å². The van der Waals surface area contributed by atoms with Gasteiger partial charge in [0, 0.05) is 31.7 Å². The van der Waals surface area contributed by atoms with E-state index in [1.54, 1.807) is 0 Å². The number of hydrogen-bond acceptors (Lipinski definition) is 3. The Morgan fingerprint density at radius 1 is 1.17 bits per heavy atom. The minimum absolute atomic E-state index is 0.0421. The number of β-amino-alcohol motifs (C(OH)–C–C–N with tert-alkyl or cyclic N) is 1. The number of aryl methyl sites for hydroxylation is 1. The summed E-state index contributed by atoms with van der Waals surface area (Å²) in [6.07, 6.45) is 0.629. The number of aliphatic hydroxyl groups is 1. The summed E-state index contributed by atoms with van der Waals surface area (Å²) in [6, 6.07) is 15.8. The highest BCUT2D eigenvalue weighted by atomic mass is 16.3. The van der Waals surface area contributed by atoms with Crippen LogP contribution in [0.1, 0.15) is 33.5 Å². The Balaban J connectivity index is 1.65. The molecule has 0 radical (unpaired) electrons. The molecule has 2 aromatic carbocycles. The molecule has 0 aliphatic carbocycles. The van der Waals surface area contributed by atoms with Crippen molar-refractivity contribution in [1.82, 2.24) is 10.2 Å². The molecule has 3 rings (SSSR count). The molecule has 2 N–H and O–H groups in total. The van der Waals surface area contributed by atoms with Crippen molar-refractivity contribution in [1.29, 1.82) is 0 Å². The van der Waals surface area contributed by atoms with E-state index in [1.165, 1.54) is 5.56 Å². The van der Waals surface area contributed by atoms with Gasteiger partial charge in [0.2, 0.25) is 0 Å². The van der Waals surface area contributed by atoms with Gasteiger partial charge >= 0.3 is 0 Å². The van der Waals surface area contributed by atoms with Crippen molar-refractivity contribution in [2.45, 2.75) is 32.5 Å². The molecule has 1 amide bonds. The lowest BCUT2D eigenvalue weighted by Gasteiger charge is -2.18. The average molecular weight is 324 g/mol. The van der Waals surface area contributed by atoms with Crippen molar-refractivity contribution in [3.8, 4) is 0 Å². The Bertz CT molecular complexity index is 714. The molecule has 1 fully saturated rings. The molecule has 24 heavy (non-hydrogen) atoms. The first-order valence-corrected chi connectivity index (χ1v) is 8.44. The lowest BCUT2D eigenvalue weighted by Crippen LogP contribution is -2.26. The van der Waals surface area contributed by atoms with Gasteiger partial charge in [0.1, 0.15) is 0 Å². The molecule has 4 heteroatoms. The fourth-order valence-electron chi connectivity index (χ4n) is 3.18. The SMILES string of the molecule is Cc1ccccc1C(=O)NCc1ccccc1CN1CC[C@@H](O)C1. The van der Waals surface area contributed by atoms with Gasteiger partial charge in [-0.15, -0.1) is 0 Å². The first-order valence-electron chi connectivity index (χ1n) is 8.44. The highest BCUT2D eigenvalue weighted by molar-refractivity contribution is 5.95. The summed E-state index contributed by atoms with van der Waals surface area (Å²) in [4.78, 5) is 14.6. The maximum Gasteiger partial charge on any atom is 0.251 e. The van der Waals surface area contributed by atoms with E-state index >= 15 is 0 Å². The molecule has 0 bridgehead atoms. The number of aliphatic hydroxyl groups excluding tert-OH is 1. The Labute approximate surface area is 143 Å². The van der Waals surface area contributed by atoms with Crippen LogP contribution >= 0.6 is 0 Å². The van der Waals surface area contributed by atoms with Gasteiger partial charge in [0.05, 0.1) is 6.10 Å². The normalized spacial score (nSPS) is 17.8. The van der Waals surface area contributed by atoms with Gasteiger partial charge in [0.15, 0.2) is 0 Å². The molecule has 1 saturated heterocycles. The Morgan fingerprint density at radius 2 is 1.88 bits per heavy atom. The summed E-state index contributed by atoms with van der Waals surface area (Å²) in [5.41, 5.74) is 4.03. The van der Waals surface area contributed by atoms with E-state index in [1.807, 2.05) is 43.3 Å². The van der Waals surface area contributed by atoms with E-state index in [-0.39, 0.29) is 12.0 Å². The van der Waals surface area contributed by atoms with Gasteiger partial charge in [0.25, 0.3) is 5.91 Å². The highest BCUT2D eigenvalue weighted by Crippen LogP contribution is 2.17. The van der Waals surface area contributed by atoms with Crippen LogP contribution in [0.4, 0.5) is 0 Å².